The zero-order chi connectivity index (χ0) is 8.97. The minimum Gasteiger partial charge on any atom is -0.466 e. The largest absolute Gasteiger partial charge is 0.466 e. The molecule has 0 aromatic carbocycles. The Labute approximate surface area is 70.4 Å². The van der Waals surface area contributed by atoms with Gasteiger partial charge in [0.1, 0.15) is 12.7 Å². The molecule has 1 heterocycles. The van der Waals surface area contributed by atoms with Gasteiger partial charge < -0.3 is 4.74 Å². The van der Waals surface area contributed by atoms with Crippen LogP contribution in [0.1, 0.15) is 12.7 Å². The average molecular weight is 169 g/mol. The average Bonchev–Trinajstić information content (AvgIpc) is 2.36. The molecule has 1 rings (SSSR count). The molecule has 1 aromatic heterocycles. The highest BCUT2D eigenvalue weighted by molar-refractivity contribution is 5.71. The molecule has 0 aliphatic heterocycles. The Kier molecular flexibility index (Phi) is 2.79. The van der Waals surface area contributed by atoms with Gasteiger partial charge in [-0.3, -0.25) is 9.48 Å². The second-order valence-electron chi connectivity index (χ2n) is 2.32. The zero-order valence-electron chi connectivity index (χ0n) is 7.15. The number of rotatable bonds is 3. The van der Waals surface area contributed by atoms with Crippen LogP contribution in [0, 0.1) is 0 Å². The summed E-state index contributed by atoms with van der Waals surface area (Å²) >= 11 is 0. The van der Waals surface area contributed by atoms with Crippen molar-refractivity contribution in [2.45, 2.75) is 13.3 Å². The fraction of sp³-hybridized carbons (Fsp3) is 0.571. The number of aromatic nitrogens is 3. The van der Waals surface area contributed by atoms with Crippen molar-refractivity contribution in [3.05, 3.63) is 12.2 Å². The molecule has 5 heteroatoms. The minimum atomic E-state index is -0.288. The van der Waals surface area contributed by atoms with Crippen molar-refractivity contribution in [2.75, 3.05) is 6.61 Å². The summed E-state index contributed by atoms with van der Waals surface area (Å²) in [6.45, 7) is 2.16. The SMILES string of the molecule is CCOC(=O)Cc1ncn(C)n1. The van der Waals surface area contributed by atoms with Crippen LogP contribution in [-0.4, -0.2) is 27.3 Å². The number of aryl methyl sites for hydroxylation is 1. The molecule has 0 atom stereocenters. The van der Waals surface area contributed by atoms with E-state index in [4.69, 9.17) is 4.74 Å². The van der Waals surface area contributed by atoms with Crippen LogP contribution in [-0.2, 0) is 23.0 Å². The Hall–Kier alpha value is -1.39. The first-order chi connectivity index (χ1) is 5.72. The van der Waals surface area contributed by atoms with Gasteiger partial charge in [0.15, 0.2) is 5.82 Å². The van der Waals surface area contributed by atoms with Gasteiger partial charge in [-0.2, -0.15) is 5.10 Å². The van der Waals surface area contributed by atoms with E-state index in [-0.39, 0.29) is 12.4 Å². The van der Waals surface area contributed by atoms with Gasteiger partial charge in [-0.15, -0.1) is 0 Å². The van der Waals surface area contributed by atoms with Gasteiger partial charge >= 0.3 is 5.97 Å². The number of hydrogen-bond donors (Lipinski definition) is 0. The van der Waals surface area contributed by atoms with Gasteiger partial charge in [-0.25, -0.2) is 4.98 Å². The van der Waals surface area contributed by atoms with E-state index in [2.05, 4.69) is 10.1 Å². The van der Waals surface area contributed by atoms with E-state index in [1.54, 1.807) is 25.0 Å². The van der Waals surface area contributed by atoms with Crippen LogP contribution in [0.4, 0.5) is 0 Å². The van der Waals surface area contributed by atoms with Crippen LogP contribution in [0.3, 0.4) is 0 Å². The van der Waals surface area contributed by atoms with Gasteiger partial charge in [-0.1, -0.05) is 0 Å². The molecule has 1 aromatic rings. The van der Waals surface area contributed by atoms with E-state index in [1.165, 1.54) is 0 Å². The standard InChI is InChI=1S/C7H11N3O2/c1-3-12-7(11)4-6-8-5-10(2)9-6/h5H,3-4H2,1-2H3. The first-order valence-corrected chi connectivity index (χ1v) is 3.72. The number of carbonyl (C=O) groups excluding carboxylic acids is 1. The van der Waals surface area contributed by atoms with Crippen LogP contribution >= 0.6 is 0 Å². The highest BCUT2D eigenvalue weighted by atomic mass is 16.5. The first kappa shape index (κ1) is 8.70. The Morgan fingerprint density at radius 2 is 2.50 bits per heavy atom. The Balaban J connectivity index is 2.46. The van der Waals surface area contributed by atoms with E-state index < -0.39 is 0 Å². The van der Waals surface area contributed by atoms with Crippen molar-refractivity contribution >= 4 is 5.97 Å². The quantitative estimate of drug-likeness (QED) is 0.594. The summed E-state index contributed by atoms with van der Waals surface area (Å²) in [5.74, 6) is 0.208. The number of esters is 1. The third-order valence-electron chi connectivity index (χ3n) is 1.25. The first-order valence-electron chi connectivity index (χ1n) is 3.72. The summed E-state index contributed by atoms with van der Waals surface area (Å²) in [5.41, 5.74) is 0. The van der Waals surface area contributed by atoms with Crippen molar-refractivity contribution in [1.29, 1.82) is 0 Å². The van der Waals surface area contributed by atoms with E-state index in [1.807, 2.05) is 0 Å². The van der Waals surface area contributed by atoms with Gasteiger partial charge in [-0.05, 0) is 6.92 Å². The number of carbonyl (C=O) groups is 1. The Bertz CT molecular complexity index is 269. The topological polar surface area (TPSA) is 57.0 Å². The molecule has 0 spiro atoms. The molecule has 0 amide bonds. The van der Waals surface area contributed by atoms with Crippen molar-refractivity contribution in [2.24, 2.45) is 7.05 Å². The van der Waals surface area contributed by atoms with E-state index in [9.17, 15) is 4.79 Å². The van der Waals surface area contributed by atoms with Crippen LogP contribution in [0.2, 0.25) is 0 Å². The molecule has 0 fully saturated rings. The molecular weight excluding hydrogens is 158 g/mol. The van der Waals surface area contributed by atoms with Crippen LogP contribution < -0.4 is 0 Å². The maximum absolute atomic E-state index is 10.9. The molecule has 0 unspecified atom stereocenters. The molecule has 0 saturated heterocycles. The highest BCUT2D eigenvalue weighted by Gasteiger charge is 2.06. The summed E-state index contributed by atoms with van der Waals surface area (Å²) in [6, 6.07) is 0. The summed E-state index contributed by atoms with van der Waals surface area (Å²) in [4.78, 5) is 14.8. The van der Waals surface area contributed by atoms with Crippen LogP contribution in [0.15, 0.2) is 6.33 Å². The second-order valence-corrected chi connectivity index (χ2v) is 2.32. The summed E-state index contributed by atoms with van der Waals surface area (Å²) in [7, 11) is 1.75. The van der Waals surface area contributed by atoms with Gasteiger partial charge in [0.25, 0.3) is 0 Å². The van der Waals surface area contributed by atoms with Crippen molar-refractivity contribution < 1.29 is 9.53 Å². The number of hydrogen-bond acceptors (Lipinski definition) is 4. The fourth-order valence-corrected chi connectivity index (χ4v) is 0.806. The lowest BCUT2D eigenvalue weighted by molar-refractivity contribution is -0.142. The molecular formula is C7H11N3O2. The maximum Gasteiger partial charge on any atom is 0.313 e. The normalized spacial score (nSPS) is 9.83. The smallest absolute Gasteiger partial charge is 0.313 e. The molecule has 12 heavy (non-hydrogen) atoms. The predicted molar refractivity (Wildman–Crippen MR) is 41.3 cm³/mol. The van der Waals surface area contributed by atoms with Gasteiger partial charge in [0, 0.05) is 7.05 Å². The lowest BCUT2D eigenvalue weighted by atomic mass is 10.4. The molecule has 0 radical (unpaired) electrons. The van der Waals surface area contributed by atoms with E-state index in [0.29, 0.717) is 12.4 Å². The molecule has 0 aliphatic carbocycles. The molecule has 0 saturated carbocycles. The van der Waals surface area contributed by atoms with Crippen molar-refractivity contribution in [3.8, 4) is 0 Å². The van der Waals surface area contributed by atoms with Gasteiger partial charge in [0.2, 0.25) is 0 Å². The maximum atomic E-state index is 10.9. The number of nitrogens with zero attached hydrogens (tertiary/aromatic N) is 3. The summed E-state index contributed by atoms with van der Waals surface area (Å²) in [6.07, 6.45) is 1.70. The zero-order valence-corrected chi connectivity index (χ0v) is 7.15. The summed E-state index contributed by atoms with van der Waals surface area (Å²) < 4.78 is 6.28. The molecule has 66 valence electrons. The van der Waals surface area contributed by atoms with Crippen LogP contribution in [0.25, 0.3) is 0 Å². The predicted octanol–water partition coefficient (Wildman–Crippen LogP) is -0.0793. The van der Waals surface area contributed by atoms with E-state index >= 15 is 0 Å². The molecule has 0 bridgehead atoms. The van der Waals surface area contributed by atoms with Crippen molar-refractivity contribution in [1.82, 2.24) is 14.8 Å². The summed E-state index contributed by atoms with van der Waals surface area (Å²) in [5, 5.41) is 3.94. The van der Waals surface area contributed by atoms with Crippen molar-refractivity contribution in [3.63, 3.8) is 0 Å². The highest BCUT2D eigenvalue weighted by Crippen LogP contribution is 1.91. The number of ether oxygens (including phenoxy) is 1. The molecule has 0 N–H and O–H groups in total. The third kappa shape index (κ3) is 2.34. The fourth-order valence-electron chi connectivity index (χ4n) is 0.806. The Morgan fingerprint density at radius 3 is 3.00 bits per heavy atom. The van der Waals surface area contributed by atoms with Gasteiger partial charge in [0.05, 0.1) is 6.61 Å². The second kappa shape index (κ2) is 3.85. The third-order valence-corrected chi connectivity index (χ3v) is 1.25. The minimum absolute atomic E-state index is 0.147. The van der Waals surface area contributed by atoms with Crippen LogP contribution in [0.5, 0.6) is 0 Å². The monoisotopic (exact) mass is 169 g/mol. The Morgan fingerprint density at radius 1 is 1.75 bits per heavy atom. The lowest BCUT2D eigenvalue weighted by Gasteiger charge is -1.96. The van der Waals surface area contributed by atoms with E-state index in [0.717, 1.165) is 0 Å². The lowest BCUT2D eigenvalue weighted by Crippen LogP contribution is -2.08. The molecule has 5 nitrogen and oxygen atoms in total. The molecule has 0 aliphatic rings.